The molecule has 0 aromatic carbocycles. The van der Waals surface area contributed by atoms with Crippen LogP contribution in [0.15, 0.2) is 0 Å². The fourth-order valence-corrected chi connectivity index (χ4v) is 3.65. The van der Waals surface area contributed by atoms with Gasteiger partial charge in [0.1, 0.15) is 0 Å². The van der Waals surface area contributed by atoms with Gasteiger partial charge in [-0.1, -0.05) is 6.92 Å². The van der Waals surface area contributed by atoms with Gasteiger partial charge in [0.15, 0.2) is 0 Å². The van der Waals surface area contributed by atoms with Crippen LogP contribution < -0.4 is 0 Å². The zero-order valence-electron chi connectivity index (χ0n) is 11.4. The van der Waals surface area contributed by atoms with Crippen molar-refractivity contribution in [1.82, 2.24) is 14.8 Å². The summed E-state index contributed by atoms with van der Waals surface area (Å²) in [5.74, 6) is 0.829. The Morgan fingerprint density at radius 2 is 2.00 bits per heavy atom. The summed E-state index contributed by atoms with van der Waals surface area (Å²) in [6, 6.07) is 0. The van der Waals surface area contributed by atoms with Crippen molar-refractivity contribution in [2.45, 2.75) is 25.5 Å². The minimum absolute atomic E-state index is 0.829. The van der Waals surface area contributed by atoms with Crippen molar-refractivity contribution >= 4 is 24.0 Å². The van der Waals surface area contributed by atoms with Crippen LogP contribution in [0.3, 0.4) is 0 Å². The maximum absolute atomic E-state index is 4.73. The SMILES string of the molecule is CCc1nc(CCN2CCN(C)CC2)sc1CS. The summed E-state index contributed by atoms with van der Waals surface area (Å²) in [5.41, 5.74) is 1.25. The number of rotatable bonds is 5. The van der Waals surface area contributed by atoms with Gasteiger partial charge in [-0.25, -0.2) is 4.98 Å². The molecule has 102 valence electrons. The molecule has 0 bridgehead atoms. The number of nitrogens with zero attached hydrogens (tertiary/aromatic N) is 3. The van der Waals surface area contributed by atoms with E-state index in [0.717, 1.165) is 25.1 Å². The predicted molar refractivity (Wildman–Crippen MR) is 81.8 cm³/mol. The number of thiol groups is 1. The van der Waals surface area contributed by atoms with Crippen LogP contribution in [0.25, 0.3) is 0 Å². The van der Waals surface area contributed by atoms with Crippen LogP contribution >= 0.6 is 24.0 Å². The number of piperazine rings is 1. The summed E-state index contributed by atoms with van der Waals surface area (Å²) < 4.78 is 0. The normalized spacial score (nSPS) is 18.4. The van der Waals surface area contributed by atoms with E-state index in [0.29, 0.717) is 0 Å². The minimum Gasteiger partial charge on any atom is -0.304 e. The first-order valence-corrected chi connectivity index (χ1v) is 8.17. The highest BCUT2D eigenvalue weighted by atomic mass is 32.1. The van der Waals surface area contributed by atoms with Crippen molar-refractivity contribution < 1.29 is 0 Å². The molecule has 1 saturated heterocycles. The van der Waals surface area contributed by atoms with Gasteiger partial charge in [0, 0.05) is 49.8 Å². The summed E-state index contributed by atoms with van der Waals surface area (Å²) in [7, 11) is 2.20. The molecule has 3 nitrogen and oxygen atoms in total. The average molecular weight is 285 g/mol. The number of thiazole rings is 1. The third-order valence-corrected chi connectivity index (χ3v) is 5.23. The second-order valence-corrected chi connectivity index (χ2v) is 6.37. The second kappa shape index (κ2) is 6.89. The molecule has 2 heterocycles. The molecular weight excluding hydrogens is 262 g/mol. The van der Waals surface area contributed by atoms with Gasteiger partial charge in [-0.05, 0) is 13.5 Å². The molecule has 1 fully saturated rings. The standard InChI is InChI=1S/C13H23N3S2/c1-3-11-12(10-17)18-13(14-11)4-5-16-8-6-15(2)7-9-16/h17H,3-10H2,1-2H3. The highest BCUT2D eigenvalue weighted by Crippen LogP contribution is 2.21. The Balaban J connectivity index is 1.84. The summed E-state index contributed by atoms with van der Waals surface area (Å²) in [4.78, 5) is 11.0. The third-order valence-electron chi connectivity index (χ3n) is 3.54. The van der Waals surface area contributed by atoms with Gasteiger partial charge < -0.3 is 9.80 Å². The summed E-state index contributed by atoms with van der Waals surface area (Å²) in [6.45, 7) is 8.10. The van der Waals surface area contributed by atoms with Gasteiger partial charge in [0.25, 0.3) is 0 Å². The van der Waals surface area contributed by atoms with Crippen molar-refractivity contribution in [2.24, 2.45) is 0 Å². The zero-order valence-corrected chi connectivity index (χ0v) is 13.1. The smallest absolute Gasteiger partial charge is 0.0944 e. The van der Waals surface area contributed by atoms with E-state index in [4.69, 9.17) is 4.98 Å². The molecule has 1 aromatic heterocycles. The fourth-order valence-electron chi connectivity index (χ4n) is 2.27. The molecule has 0 amide bonds. The number of aryl methyl sites for hydroxylation is 1. The van der Waals surface area contributed by atoms with Gasteiger partial charge in [-0.2, -0.15) is 12.6 Å². The molecule has 5 heteroatoms. The molecule has 0 saturated carbocycles. The predicted octanol–water partition coefficient (Wildman–Crippen LogP) is 1.93. The Morgan fingerprint density at radius 3 is 2.56 bits per heavy atom. The van der Waals surface area contributed by atoms with Crippen LogP contribution in [-0.4, -0.2) is 54.6 Å². The van der Waals surface area contributed by atoms with E-state index in [1.165, 1.54) is 41.8 Å². The molecule has 0 spiro atoms. The van der Waals surface area contributed by atoms with E-state index in [1.54, 1.807) is 0 Å². The van der Waals surface area contributed by atoms with Crippen molar-refractivity contribution in [2.75, 3.05) is 39.8 Å². The topological polar surface area (TPSA) is 19.4 Å². The third kappa shape index (κ3) is 3.70. The van der Waals surface area contributed by atoms with Crippen LogP contribution in [0.4, 0.5) is 0 Å². The van der Waals surface area contributed by atoms with Gasteiger partial charge >= 0.3 is 0 Å². The molecule has 1 aliphatic rings. The van der Waals surface area contributed by atoms with Crippen molar-refractivity contribution in [3.8, 4) is 0 Å². The molecule has 18 heavy (non-hydrogen) atoms. The molecule has 0 N–H and O–H groups in total. The number of hydrogen-bond donors (Lipinski definition) is 1. The number of aromatic nitrogens is 1. The Bertz CT molecular complexity index is 349. The van der Waals surface area contributed by atoms with E-state index in [-0.39, 0.29) is 0 Å². The summed E-state index contributed by atoms with van der Waals surface area (Å²) >= 11 is 6.23. The Morgan fingerprint density at radius 1 is 1.28 bits per heavy atom. The maximum atomic E-state index is 4.73. The van der Waals surface area contributed by atoms with Crippen LogP contribution in [0.2, 0.25) is 0 Å². The van der Waals surface area contributed by atoms with Crippen LogP contribution in [0.1, 0.15) is 22.5 Å². The van der Waals surface area contributed by atoms with Gasteiger partial charge in [-0.3, -0.25) is 0 Å². The first-order valence-electron chi connectivity index (χ1n) is 6.72. The largest absolute Gasteiger partial charge is 0.304 e. The highest BCUT2D eigenvalue weighted by molar-refractivity contribution is 7.79. The highest BCUT2D eigenvalue weighted by Gasteiger charge is 2.14. The zero-order chi connectivity index (χ0) is 13.0. The minimum atomic E-state index is 0.829. The maximum Gasteiger partial charge on any atom is 0.0944 e. The van der Waals surface area contributed by atoms with E-state index >= 15 is 0 Å². The number of hydrogen-bond acceptors (Lipinski definition) is 5. The fraction of sp³-hybridized carbons (Fsp3) is 0.769. The summed E-state index contributed by atoms with van der Waals surface area (Å²) in [5, 5.41) is 1.29. The first-order chi connectivity index (χ1) is 8.72. The molecule has 2 rings (SSSR count). The van der Waals surface area contributed by atoms with Gasteiger partial charge in [0.2, 0.25) is 0 Å². The van der Waals surface area contributed by atoms with Crippen molar-refractivity contribution in [1.29, 1.82) is 0 Å². The van der Waals surface area contributed by atoms with Gasteiger partial charge in [-0.15, -0.1) is 11.3 Å². The Hall–Kier alpha value is -0.100. The van der Waals surface area contributed by atoms with E-state index in [2.05, 4.69) is 36.4 Å². The Labute approximate surface area is 120 Å². The number of likely N-dealkylation sites (N-methyl/N-ethyl adjacent to an activating group) is 1. The molecular formula is C13H23N3S2. The van der Waals surface area contributed by atoms with Gasteiger partial charge in [0.05, 0.1) is 10.7 Å². The quantitative estimate of drug-likeness (QED) is 0.835. The molecule has 0 atom stereocenters. The van der Waals surface area contributed by atoms with E-state index in [1.807, 2.05) is 11.3 Å². The van der Waals surface area contributed by atoms with Crippen molar-refractivity contribution in [3.05, 3.63) is 15.6 Å². The molecule has 0 radical (unpaired) electrons. The first kappa shape index (κ1) is 14.3. The van der Waals surface area contributed by atoms with Crippen LogP contribution in [-0.2, 0) is 18.6 Å². The Kier molecular flexibility index (Phi) is 5.48. The molecule has 0 unspecified atom stereocenters. The average Bonchev–Trinajstić information content (AvgIpc) is 2.80. The van der Waals surface area contributed by atoms with Crippen LogP contribution in [0, 0.1) is 0 Å². The van der Waals surface area contributed by atoms with E-state index < -0.39 is 0 Å². The summed E-state index contributed by atoms with van der Waals surface area (Å²) in [6.07, 6.45) is 2.12. The lowest BCUT2D eigenvalue weighted by Gasteiger charge is -2.32. The monoisotopic (exact) mass is 285 g/mol. The lowest BCUT2D eigenvalue weighted by Crippen LogP contribution is -2.45. The lowest BCUT2D eigenvalue weighted by atomic mass is 10.3. The van der Waals surface area contributed by atoms with Crippen molar-refractivity contribution in [3.63, 3.8) is 0 Å². The second-order valence-electron chi connectivity index (χ2n) is 4.88. The molecule has 0 aliphatic carbocycles. The van der Waals surface area contributed by atoms with E-state index in [9.17, 15) is 0 Å². The lowest BCUT2D eigenvalue weighted by molar-refractivity contribution is 0.155. The van der Waals surface area contributed by atoms with Crippen LogP contribution in [0.5, 0.6) is 0 Å². The molecule has 1 aliphatic heterocycles. The molecule has 1 aromatic rings.